The zero-order chi connectivity index (χ0) is 11.4. The number of hydrogen-bond donors (Lipinski definition) is 1. The molecule has 15 heavy (non-hydrogen) atoms. The van der Waals surface area contributed by atoms with E-state index in [1.807, 2.05) is 11.4 Å². The van der Waals surface area contributed by atoms with Gasteiger partial charge in [0.1, 0.15) is 0 Å². The molecule has 1 rings (SSSR count). The number of hydrogen-bond acceptors (Lipinski definition) is 2. The van der Waals surface area contributed by atoms with Crippen molar-refractivity contribution in [2.45, 2.75) is 27.7 Å². The van der Waals surface area contributed by atoms with Gasteiger partial charge in [-0.2, -0.15) is 0 Å². The molecule has 1 aromatic heterocycles. The molecule has 0 saturated heterocycles. The summed E-state index contributed by atoms with van der Waals surface area (Å²) in [7, 11) is 0. The Hall–Kier alpha value is -1.09. The van der Waals surface area contributed by atoms with E-state index in [0.29, 0.717) is 5.92 Å². The second-order valence-corrected chi connectivity index (χ2v) is 4.91. The van der Waals surface area contributed by atoms with Crippen molar-refractivity contribution in [2.75, 3.05) is 5.32 Å². The lowest BCUT2D eigenvalue weighted by Crippen LogP contribution is -1.99. The normalized spacial score (nSPS) is 10.2. The van der Waals surface area contributed by atoms with Crippen LogP contribution in [0, 0.1) is 5.92 Å². The molecule has 0 aliphatic rings. The Labute approximate surface area is 95.0 Å². The molecular formula is C12H17NOS. The summed E-state index contributed by atoms with van der Waals surface area (Å²) in [5, 5.41) is 4.75. The fraction of sp³-hybridized carbons (Fsp3) is 0.417. The average Bonchev–Trinajstić information content (AvgIpc) is 2.53. The van der Waals surface area contributed by atoms with Crippen LogP contribution >= 0.6 is 11.3 Å². The maximum atomic E-state index is 10.5. The van der Waals surface area contributed by atoms with Gasteiger partial charge in [0.15, 0.2) is 0 Å². The molecular weight excluding hydrogens is 206 g/mol. The van der Waals surface area contributed by atoms with Crippen LogP contribution < -0.4 is 5.32 Å². The van der Waals surface area contributed by atoms with E-state index in [2.05, 4.69) is 33.0 Å². The maximum absolute atomic E-state index is 10.5. The van der Waals surface area contributed by atoms with Gasteiger partial charge in [0.25, 0.3) is 0 Å². The predicted molar refractivity (Wildman–Crippen MR) is 67.1 cm³/mol. The molecule has 0 saturated carbocycles. The maximum Gasteiger partial charge on any atom is 0.211 e. The molecule has 2 nitrogen and oxygen atoms in total. The third-order valence-electron chi connectivity index (χ3n) is 2.24. The summed E-state index contributed by atoms with van der Waals surface area (Å²) in [4.78, 5) is 11.6. The van der Waals surface area contributed by atoms with E-state index in [4.69, 9.17) is 0 Å². The first kappa shape index (κ1) is 12.0. The number of carbonyl (C=O) groups excluding carboxylic acids is 1. The Morgan fingerprint density at radius 3 is 2.60 bits per heavy atom. The molecule has 82 valence electrons. The van der Waals surface area contributed by atoms with Crippen LogP contribution in [0.4, 0.5) is 5.69 Å². The van der Waals surface area contributed by atoms with Gasteiger partial charge >= 0.3 is 0 Å². The van der Waals surface area contributed by atoms with Gasteiger partial charge in [0.2, 0.25) is 6.41 Å². The van der Waals surface area contributed by atoms with Gasteiger partial charge in [-0.3, -0.25) is 4.79 Å². The standard InChI is InChI=1S/C12H17NOS/c1-8(2)11(9(3)4)12-10(13-7-14)5-6-15-12/h5-8H,1-4H3,(H,13,14). The molecule has 0 spiro atoms. The van der Waals surface area contributed by atoms with Crippen LogP contribution in [0.5, 0.6) is 0 Å². The summed E-state index contributed by atoms with van der Waals surface area (Å²) in [6.45, 7) is 8.57. The molecule has 1 heterocycles. The summed E-state index contributed by atoms with van der Waals surface area (Å²) in [6, 6.07) is 1.94. The average molecular weight is 223 g/mol. The third kappa shape index (κ3) is 2.69. The molecule has 3 heteroatoms. The van der Waals surface area contributed by atoms with Crippen LogP contribution in [0.2, 0.25) is 0 Å². The van der Waals surface area contributed by atoms with Gasteiger partial charge < -0.3 is 5.32 Å². The first-order chi connectivity index (χ1) is 7.07. The highest BCUT2D eigenvalue weighted by Gasteiger charge is 2.13. The van der Waals surface area contributed by atoms with Gasteiger partial charge in [-0.05, 0) is 36.8 Å². The molecule has 0 aliphatic heterocycles. The van der Waals surface area contributed by atoms with E-state index in [1.165, 1.54) is 16.0 Å². The molecule has 0 aromatic carbocycles. The molecule has 0 radical (unpaired) electrons. The monoisotopic (exact) mass is 223 g/mol. The third-order valence-corrected chi connectivity index (χ3v) is 3.19. The van der Waals surface area contributed by atoms with E-state index in [-0.39, 0.29) is 0 Å². The summed E-state index contributed by atoms with van der Waals surface area (Å²) in [6.07, 6.45) is 0.731. The van der Waals surface area contributed by atoms with Crippen molar-refractivity contribution in [3.63, 3.8) is 0 Å². The van der Waals surface area contributed by atoms with Crippen molar-refractivity contribution in [1.82, 2.24) is 0 Å². The predicted octanol–water partition coefficient (Wildman–Crippen LogP) is 3.77. The molecule has 1 N–H and O–H groups in total. The molecule has 0 fully saturated rings. The first-order valence-corrected chi connectivity index (χ1v) is 5.91. The van der Waals surface area contributed by atoms with Crippen LogP contribution in [0.3, 0.4) is 0 Å². The Morgan fingerprint density at radius 1 is 1.47 bits per heavy atom. The number of rotatable bonds is 4. The van der Waals surface area contributed by atoms with Crippen molar-refractivity contribution in [3.8, 4) is 0 Å². The smallest absolute Gasteiger partial charge is 0.211 e. The molecule has 1 amide bonds. The van der Waals surface area contributed by atoms with Crippen molar-refractivity contribution < 1.29 is 4.79 Å². The van der Waals surface area contributed by atoms with Crippen LogP contribution in [0.25, 0.3) is 5.57 Å². The van der Waals surface area contributed by atoms with Crippen LogP contribution in [-0.4, -0.2) is 6.41 Å². The van der Waals surface area contributed by atoms with E-state index in [1.54, 1.807) is 11.3 Å². The molecule has 0 bridgehead atoms. The molecule has 0 atom stereocenters. The van der Waals surface area contributed by atoms with Crippen LogP contribution in [0.15, 0.2) is 17.0 Å². The highest BCUT2D eigenvalue weighted by atomic mass is 32.1. The second-order valence-electron chi connectivity index (χ2n) is 3.99. The molecule has 0 unspecified atom stereocenters. The van der Waals surface area contributed by atoms with E-state index in [9.17, 15) is 4.79 Å². The van der Waals surface area contributed by atoms with Gasteiger partial charge in [-0.1, -0.05) is 19.4 Å². The molecule has 1 aromatic rings. The zero-order valence-electron chi connectivity index (χ0n) is 9.63. The first-order valence-electron chi connectivity index (χ1n) is 5.03. The molecule has 0 aliphatic carbocycles. The summed E-state index contributed by atoms with van der Waals surface area (Å²) in [5.74, 6) is 0.473. The number of allylic oxidation sites excluding steroid dienone is 2. The Morgan fingerprint density at radius 2 is 2.13 bits per heavy atom. The fourth-order valence-corrected chi connectivity index (χ4v) is 2.92. The lowest BCUT2D eigenvalue weighted by atomic mass is 9.96. The highest BCUT2D eigenvalue weighted by Crippen LogP contribution is 2.35. The van der Waals surface area contributed by atoms with Crippen molar-refractivity contribution in [3.05, 3.63) is 21.9 Å². The number of thiophene rings is 1. The van der Waals surface area contributed by atoms with E-state index < -0.39 is 0 Å². The quantitative estimate of drug-likeness (QED) is 0.773. The van der Waals surface area contributed by atoms with Gasteiger partial charge in [0.05, 0.1) is 10.6 Å². The fourth-order valence-electron chi connectivity index (χ4n) is 1.76. The Balaban J connectivity index is 3.18. The van der Waals surface area contributed by atoms with Crippen LogP contribution in [-0.2, 0) is 4.79 Å². The van der Waals surface area contributed by atoms with E-state index in [0.717, 1.165) is 12.1 Å². The van der Waals surface area contributed by atoms with E-state index >= 15 is 0 Å². The lowest BCUT2D eigenvalue weighted by Gasteiger charge is -2.14. The van der Waals surface area contributed by atoms with Gasteiger partial charge in [0, 0.05) is 0 Å². The Kier molecular flexibility index (Phi) is 4.09. The number of amides is 1. The Bertz CT molecular complexity index is 373. The summed E-state index contributed by atoms with van der Waals surface area (Å²) < 4.78 is 0. The number of nitrogens with one attached hydrogen (secondary N) is 1. The topological polar surface area (TPSA) is 29.1 Å². The van der Waals surface area contributed by atoms with Crippen molar-refractivity contribution >= 4 is 29.0 Å². The van der Waals surface area contributed by atoms with Gasteiger partial charge in [-0.15, -0.1) is 11.3 Å². The zero-order valence-corrected chi connectivity index (χ0v) is 10.4. The van der Waals surface area contributed by atoms with Crippen LogP contribution in [0.1, 0.15) is 32.6 Å². The SMILES string of the molecule is CC(C)=C(c1sccc1NC=O)C(C)C. The van der Waals surface area contributed by atoms with Crippen molar-refractivity contribution in [2.24, 2.45) is 5.92 Å². The summed E-state index contributed by atoms with van der Waals surface area (Å²) >= 11 is 1.67. The van der Waals surface area contributed by atoms with Gasteiger partial charge in [-0.25, -0.2) is 0 Å². The van der Waals surface area contributed by atoms with Crippen molar-refractivity contribution in [1.29, 1.82) is 0 Å². The minimum atomic E-state index is 0.473. The largest absolute Gasteiger partial charge is 0.327 e. The summed E-state index contributed by atoms with van der Waals surface area (Å²) in [5.41, 5.74) is 3.55. The second kappa shape index (κ2) is 5.12. The minimum Gasteiger partial charge on any atom is -0.327 e. The number of carbonyl (C=O) groups is 1. The number of anilines is 1. The lowest BCUT2D eigenvalue weighted by molar-refractivity contribution is -0.105. The minimum absolute atomic E-state index is 0.473. The highest BCUT2D eigenvalue weighted by molar-refractivity contribution is 7.11.